The lowest BCUT2D eigenvalue weighted by Gasteiger charge is -2.22. The Hall–Kier alpha value is -2.55. The van der Waals surface area contributed by atoms with E-state index in [9.17, 15) is 10.2 Å². The first-order chi connectivity index (χ1) is 13.1. The van der Waals surface area contributed by atoms with E-state index in [1.54, 1.807) is 36.4 Å². The van der Waals surface area contributed by atoms with E-state index in [1.165, 1.54) is 0 Å². The topological polar surface area (TPSA) is 76.7 Å². The maximum Gasteiger partial charge on any atom is 0.119 e. The SMILES string of the molecule is N#Cc1ccc(OC2C[C@@H]3CN(CC(O)c4ccc(O)cc4)C[C@@H]3C2)cc1. The predicted molar refractivity (Wildman–Crippen MR) is 101 cm³/mol. The molecule has 1 aliphatic carbocycles. The van der Waals surface area contributed by atoms with Gasteiger partial charge in [-0.3, -0.25) is 4.90 Å². The molecular formula is C22H24N2O3. The molecule has 27 heavy (non-hydrogen) atoms. The molecule has 2 fully saturated rings. The Morgan fingerprint density at radius 1 is 1.04 bits per heavy atom. The minimum absolute atomic E-state index is 0.218. The molecule has 1 saturated carbocycles. The molecule has 5 heteroatoms. The summed E-state index contributed by atoms with van der Waals surface area (Å²) in [6.45, 7) is 2.61. The van der Waals surface area contributed by atoms with E-state index in [0.717, 1.165) is 37.2 Å². The summed E-state index contributed by atoms with van der Waals surface area (Å²) >= 11 is 0. The van der Waals surface area contributed by atoms with Gasteiger partial charge in [-0.2, -0.15) is 5.26 Å². The average molecular weight is 364 g/mol. The lowest BCUT2D eigenvalue weighted by atomic mass is 10.0. The van der Waals surface area contributed by atoms with Crippen molar-refractivity contribution in [2.24, 2.45) is 11.8 Å². The van der Waals surface area contributed by atoms with Crippen molar-refractivity contribution >= 4 is 0 Å². The largest absolute Gasteiger partial charge is 0.508 e. The zero-order chi connectivity index (χ0) is 18.8. The summed E-state index contributed by atoms with van der Waals surface area (Å²) in [7, 11) is 0. The minimum Gasteiger partial charge on any atom is -0.508 e. The maximum atomic E-state index is 10.5. The number of benzene rings is 2. The van der Waals surface area contributed by atoms with Crippen LogP contribution in [0.15, 0.2) is 48.5 Å². The number of aliphatic hydroxyl groups excluding tert-OH is 1. The van der Waals surface area contributed by atoms with Crippen LogP contribution < -0.4 is 4.74 Å². The van der Waals surface area contributed by atoms with E-state index in [2.05, 4.69) is 11.0 Å². The number of hydrogen-bond acceptors (Lipinski definition) is 5. The summed E-state index contributed by atoms with van der Waals surface area (Å²) in [5.74, 6) is 2.27. The van der Waals surface area contributed by atoms with E-state index in [4.69, 9.17) is 10.00 Å². The molecule has 0 spiro atoms. The van der Waals surface area contributed by atoms with Crippen molar-refractivity contribution in [2.45, 2.75) is 25.0 Å². The Bertz CT molecular complexity index is 799. The van der Waals surface area contributed by atoms with Gasteiger partial charge in [0.25, 0.3) is 0 Å². The number of nitriles is 1. The highest BCUT2D eigenvalue weighted by atomic mass is 16.5. The molecule has 2 unspecified atom stereocenters. The van der Waals surface area contributed by atoms with E-state index in [0.29, 0.717) is 23.9 Å². The molecule has 0 bridgehead atoms. The van der Waals surface area contributed by atoms with Gasteiger partial charge in [0.15, 0.2) is 0 Å². The van der Waals surface area contributed by atoms with Crippen LogP contribution in [0.25, 0.3) is 0 Å². The maximum absolute atomic E-state index is 10.5. The Morgan fingerprint density at radius 3 is 2.26 bits per heavy atom. The molecule has 2 aromatic rings. The standard InChI is InChI=1S/C22H24N2O3/c23-11-15-1-7-20(8-2-15)27-21-9-17-12-24(13-18(17)10-21)14-22(26)16-3-5-19(25)6-4-16/h1-8,17-18,21-22,25-26H,9-10,12-14H2/t17-,18+,21?,22?. The van der Waals surface area contributed by atoms with Crippen LogP contribution in [0, 0.1) is 23.2 Å². The zero-order valence-electron chi connectivity index (χ0n) is 15.2. The van der Waals surface area contributed by atoms with Crippen molar-refractivity contribution in [3.05, 3.63) is 59.7 Å². The van der Waals surface area contributed by atoms with Gasteiger partial charge in [0, 0.05) is 19.6 Å². The van der Waals surface area contributed by atoms with E-state index in [1.807, 2.05) is 12.1 Å². The van der Waals surface area contributed by atoms with E-state index >= 15 is 0 Å². The molecule has 2 aromatic carbocycles. The van der Waals surface area contributed by atoms with Gasteiger partial charge >= 0.3 is 0 Å². The fourth-order valence-corrected chi connectivity index (χ4v) is 4.43. The van der Waals surface area contributed by atoms with Crippen LogP contribution in [-0.4, -0.2) is 40.9 Å². The van der Waals surface area contributed by atoms with Gasteiger partial charge in [0.1, 0.15) is 11.5 Å². The second-order valence-electron chi connectivity index (χ2n) is 7.69. The molecule has 0 radical (unpaired) electrons. The summed E-state index contributed by atoms with van der Waals surface area (Å²) in [5, 5.41) is 28.7. The van der Waals surface area contributed by atoms with E-state index in [-0.39, 0.29) is 11.9 Å². The zero-order valence-corrected chi connectivity index (χ0v) is 15.2. The summed E-state index contributed by atoms with van der Waals surface area (Å²) in [6.07, 6.45) is 1.78. The summed E-state index contributed by atoms with van der Waals surface area (Å²) < 4.78 is 6.11. The van der Waals surface area contributed by atoms with E-state index < -0.39 is 6.10 Å². The Kier molecular flexibility index (Phi) is 5.02. The quantitative estimate of drug-likeness (QED) is 0.853. The van der Waals surface area contributed by atoms with Crippen LogP contribution in [0.2, 0.25) is 0 Å². The Balaban J connectivity index is 1.27. The van der Waals surface area contributed by atoms with Gasteiger partial charge in [0.05, 0.1) is 23.8 Å². The molecule has 140 valence electrons. The van der Waals surface area contributed by atoms with Crippen LogP contribution in [0.3, 0.4) is 0 Å². The van der Waals surface area contributed by atoms with Crippen LogP contribution in [0.5, 0.6) is 11.5 Å². The van der Waals surface area contributed by atoms with Crippen molar-refractivity contribution in [2.75, 3.05) is 19.6 Å². The number of phenols is 1. The number of ether oxygens (including phenoxy) is 1. The third-order valence-electron chi connectivity index (χ3n) is 5.78. The molecule has 5 nitrogen and oxygen atoms in total. The number of aliphatic hydroxyl groups is 1. The van der Waals surface area contributed by atoms with Crippen LogP contribution >= 0.6 is 0 Å². The summed E-state index contributed by atoms with van der Waals surface area (Å²) in [6, 6.07) is 16.2. The van der Waals surface area contributed by atoms with Crippen LogP contribution in [0.1, 0.15) is 30.1 Å². The number of nitrogens with zero attached hydrogens (tertiary/aromatic N) is 2. The number of rotatable bonds is 5. The summed E-state index contributed by atoms with van der Waals surface area (Å²) in [4.78, 5) is 2.34. The van der Waals surface area contributed by atoms with Crippen molar-refractivity contribution in [1.29, 1.82) is 5.26 Å². The molecule has 0 aromatic heterocycles. The van der Waals surface area contributed by atoms with Gasteiger partial charge in [-0.25, -0.2) is 0 Å². The molecule has 0 amide bonds. The predicted octanol–water partition coefficient (Wildman–Crippen LogP) is 3.09. The van der Waals surface area contributed by atoms with Crippen LogP contribution in [-0.2, 0) is 0 Å². The minimum atomic E-state index is -0.532. The third kappa shape index (κ3) is 4.08. The van der Waals surface area contributed by atoms with Gasteiger partial charge in [-0.15, -0.1) is 0 Å². The highest BCUT2D eigenvalue weighted by Gasteiger charge is 2.42. The summed E-state index contributed by atoms with van der Waals surface area (Å²) in [5.41, 5.74) is 1.49. The highest BCUT2D eigenvalue weighted by Crippen LogP contribution is 2.40. The number of aromatic hydroxyl groups is 1. The molecular weight excluding hydrogens is 340 g/mol. The molecule has 2 N–H and O–H groups in total. The Morgan fingerprint density at radius 2 is 1.67 bits per heavy atom. The first-order valence-corrected chi connectivity index (χ1v) is 9.47. The van der Waals surface area contributed by atoms with Crippen molar-refractivity contribution < 1.29 is 14.9 Å². The fraction of sp³-hybridized carbons (Fsp3) is 0.409. The fourth-order valence-electron chi connectivity index (χ4n) is 4.43. The number of β-amino-alcohol motifs (C(OH)–C–C–N with tert-alkyl or cyclic N) is 1. The van der Waals surface area contributed by atoms with Gasteiger partial charge in [0.2, 0.25) is 0 Å². The monoisotopic (exact) mass is 364 g/mol. The Labute approximate surface area is 159 Å². The molecule has 4 rings (SSSR count). The first kappa shape index (κ1) is 17.8. The molecule has 1 heterocycles. The van der Waals surface area contributed by atoms with Crippen molar-refractivity contribution in [3.8, 4) is 17.6 Å². The third-order valence-corrected chi connectivity index (χ3v) is 5.78. The number of hydrogen-bond donors (Lipinski definition) is 2. The smallest absolute Gasteiger partial charge is 0.119 e. The number of likely N-dealkylation sites (tertiary alicyclic amines) is 1. The molecule has 1 saturated heterocycles. The highest BCUT2D eigenvalue weighted by molar-refractivity contribution is 5.34. The normalized spacial score (nSPS) is 25.7. The van der Waals surface area contributed by atoms with Crippen LogP contribution in [0.4, 0.5) is 0 Å². The number of phenolic OH excluding ortho intramolecular Hbond substituents is 1. The molecule has 1 aliphatic heterocycles. The second-order valence-corrected chi connectivity index (χ2v) is 7.69. The first-order valence-electron chi connectivity index (χ1n) is 9.47. The molecule has 4 atom stereocenters. The van der Waals surface area contributed by atoms with Crippen molar-refractivity contribution in [1.82, 2.24) is 4.90 Å². The average Bonchev–Trinajstić information content (AvgIpc) is 3.20. The molecule has 2 aliphatic rings. The second kappa shape index (κ2) is 7.59. The number of fused-ring (bicyclic) bond motifs is 1. The lowest BCUT2D eigenvalue weighted by molar-refractivity contribution is 0.116. The van der Waals surface area contributed by atoms with Gasteiger partial charge < -0.3 is 14.9 Å². The van der Waals surface area contributed by atoms with Crippen molar-refractivity contribution in [3.63, 3.8) is 0 Å². The lowest BCUT2D eigenvalue weighted by Crippen LogP contribution is -2.28. The van der Waals surface area contributed by atoms with Gasteiger partial charge in [-0.05, 0) is 66.6 Å². The van der Waals surface area contributed by atoms with Gasteiger partial charge in [-0.1, -0.05) is 12.1 Å².